The van der Waals surface area contributed by atoms with Gasteiger partial charge < -0.3 is 28.4 Å². The summed E-state index contributed by atoms with van der Waals surface area (Å²) < 4.78 is 14.7. The van der Waals surface area contributed by atoms with Crippen molar-refractivity contribution in [3.63, 3.8) is 0 Å². The van der Waals surface area contributed by atoms with E-state index in [2.05, 4.69) is 518 Å². The molecule has 2 heterocycles. The van der Waals surface area contributed by atoms with Crippen LogP contribution in [0, 0.1) is 0 Å². The first kappa shape index (κ1) is 86.9. The third-order valence-corrected chi connectivity index (χ3v) is 35.0. The number of nitrogens with zero attached hydrogens (tertiary/aromatic N) is 4. The maximum absolute atomic E-state index is 7.36. The topological polar surface area (TPSA) is 39.2 Å². The Labute approximate surface area is 794 Å². The van der Waals surface area contributed by atoms with Crippen molar-refractivity contribution in [3.8, 4) is 44.5 Å². The van der Waals surface area contributed by atoms with E-state index in [1.54, 1.807) is 0 Å². The molecule has 21 rings (SSSR count). The highest BCUT2D eigenvalue weighted by Gasteiger charge is 2.46. The number of hydrogen-bond acceptors (Lipinski definition) is 6. The second-order valence-electron chi connectivity index (χ2n) is 43.6. The van der Waals surface area contributed by atoms with E-state index in [1.165, 1.54) is 93.8 Å². The summed E-state index contributed by atoms with van der Waals surface area (Å²) in [5.74, 6) is 0. The molecule has 0 saturated heterocycles. The molecule has 0 atom stereocenters. The van der Waals surface area contributed by atoms with E-state index < -0.39 is 27.0 Å². The molecule has 0 radical (unpaired) electrons. The first-order valence-corrected chi connectivity index (χ1v) is 54.7. The smallest absolute Gasteiger partial charge is 0.145 e. The second kappa shape index (κ2) is 32.6. The van der Waals surface area contributed by atoms with Gasteiger partial charge in [0.1, 0.15) is 22.3 Å². The Bertz CT molecular complexity index is 7530. The number of para-hydroxylation sites is 2. The lowest BCUT2D eigenvalue weighted by Gasteiger charge is -2.33. The van der Waals surface area contributed by atoms with E-state index in [1.807, 2.05) is 0 Å². The van der Waals surface area contributed by atoms with Crippen molar-refractivity contribution < 1.29 is 8.83 Å². The van der Waals surface area contributed by atoms with Gasteiger partial charge >= 0.3 is 0 Å². The summed E-state index contributed by atoms with van der Waals surface area (Å²) in [5, 5.41) is 7.26. The molecule has 0 saturated carbocycles. The fourth-order valence-corrected chi connectivity index (χ4v) is 25.1. The summed E-state index contributed by atoms with van der Waals surface area (Å²) in [6, 6.07) is 134. The van der Waals surface area contributed by atoms with Crippen LogP contribution in [0.2, 0.25) is 38.8 Å². The lowest BCUT2D eigenvalue weighted by atomic mass is 9.79. The van der Waals surface area contributed by atoms with E-state index in [9.17, 15) is 0 Å². The lowest BCUT2D eigenvalue weighted by molar-refractivity contribution is 0.503. The van der Waals surface area contributed by atoms with Gasteiger partial charge in [-0.25, -0.2) is 0 Å². The van der Waals surface area contributed by atoms with Crippen LogP contribution < -0.4 is 30.0 Å². The molecule has 0 aliphatic heterocycles. The van der Waals surface area contributed by atoms with Gasteiger partial charge in [0.25, 0.3) is 0 Å². The minimum absolute atomic E-state index is 0.0230. The molecule has 0 bridgehead atoms. The SMILES string of the molecule is CC(C)(C)c1ccc(N(c2ccc([Si](C)(C)C)cc2)c2ccc3c(c2)C(C)(C)c2cc(N(c4ccc(C(C)(C)C)cc4)c4ccc([Si](C)(C)CCC(C)(C)c5ccc(N(c6ccc(-c7ccccc7)cc6)c6ccc7c(c6)C6(C=CC=C6)c6cc(N(c8ccc(-c9ccccc9)cc8)c8ccc(C(C)(C)C)cc8)c8c(oc9ccccc98)c6-7)cc5)cc4)c4c(oc5ccccc54)c2-3)cc1. The van der Waals surface area contributed by atoms with E-state index in [0.717, 1.165) is 130 Å². The Hall–Kier alpha value is -13.8. The van der Waals surface area contributed by atoms with Gasteiger partial charge in [-0.1, -0.05) is 370 Å². The molecule has 134 heavy (non-hydrogen) atoms. The van der Waals surface area contributed by atoms with Gasteiger partial charge in [-0.3, -0.25) is 0 Å². The zero-order chi connectivity index (χ0) is 92.9. The van der Waals surface area contributed by atoms with Gasteiger partial charge in [0, 0.05) is 84.2 Å². The number of furan rings is 2. The summed E-state index contributed by atoms with van der Waals surface area (Å²) >= 11 is 0. The van der Waals surface area contributed by atoms with Crippen molar-refractivity contribution in [3.05, 3.63) is 421 Å². The van der Waals surface area contributed by atoms with Gasteiger partial charge in [-0.05, 0) is 252 Å². The molecule has 16 aromatic carbocycles. The van der Waals surface area contributed by atoms with Crippen LogP contribution >= 0.6 is 0 Å². The summed E-state index contributed by atoms with van der Waals surface area (Å²) in [5.41, 5.74) is 35.0. The average molecular weight is 1780 g/mol. The third kappa shape index (κ3) is 15.3. The number of rotatable bonds is 20. The monoisotopic (exact) mass is 1780 g/mol. The van der Waals surface area contributed by atoms with Gasteiger partial charge in [-0.15, -0.1) is 0 Å². The van der Waals surface area contributed by atoms with Crippen molar-refractivity contribution in [2.75, 3.05) is 19.6 Å². The highest BCUT2D eigenvalue weighted by molar-refractivity contribution is 6.90. The molecule has 18 aromatic rings. The summed E-state index contributed by atoms with van der Waals surface area (Å²) in [4.78, 5) is 9.91. The van der Waals surface area contributed by atoms with Crippen molar-refractivity contribution in [2.45, 2.75) is 168 Å². The Morgan fingerprint density at radius 2 is 0.612 bits per heavy atom. The van der Waals surface area contributed by atoms with Crippen molar-refractivity contribution in [2.24, 2.45) is 0 Å². The first-order chi connectivity index (χ1) is 64.2. The molecule has 664 valence electrons. The number of hydrogen-bond donors (Lipinski definition) is 0. The van der Waals surface area contributed by atoms with Crippen molar-refractivity contribution in [1.82, 2.24) is 0 Å². The van der Waals surface area contributed by atoms with Gasteiger partial charge in [0.05, 0.1) is 43.7 Å². The van der Waals surface area contributed by atoms with Crippen LogP contribution in [-0.4, -0.2) is 16.1 Å². The number of fused-ring (bicyclic) bond motifs is 16. The van der Waals surface area contributed by atoms with E-state index in [4.69, 9.17) is 8.83 Å². The summed E-state index contributed by atoms with van der Waals surface area (Å²) in [7, 11) is -3.69. The highest BCUT2D eigenvalue weighted by Crippen LogP contribution is 2.62. The molecule has 0 amide bonds. The molecule has 0 N–H and O–H groups in total. The zero-order valence-electron chi connectivity index (χ0n) is 80.8. The lowest BCUT2D eigenvalue weighted by Crippen LogP contribution is -2.42. The van der Waals surface area contributed by atoms with E-state index in [-0.39, 0.29) is 21.7 Å². The van der Waals surface area contributed by atoms with Crippen LogP contribution in [0.15, 0.2) is 385 Å². The quantitative estimate of drug-likeness (QED) is 0.0708. The fourth-order valence-electron chi connectivity index (χ4n) is 21.3. The molecular weight excluding hydrogens is 1660 g/mol. The zero-order valence-corrected chi connectivity index (χ0v) is 82.8. The van der Waals surface area contributed by atoms with Crippen LogP contribution in [0.3, 0.4) is 0 Å². The molecule has 3 aliphatic rings. The normalized spacial score (nSPS) is 13.9. The second-order valence-corrected chi connectivity index (χ2v) is 53.6. The van der Waals surface area contributed by atoms with Crippen LogP contribution in [0.25, 0.3) is 88.4 Å². The van der Waals surface area contributed by atoms with Crippen LogP contribution in [0.4, 0.5) is 68.2 Å². The largest absolute Gasteiger partial charge is 0.455 e. The van der Waals surface area contributed by atoms with Gasteiger partial charge in [0.15, 0.2) is 0 Å². The molecule has 8 heteroatoms. The minimum Gasteiger partial charge on any atom is -0.455 e. The molecule has 0 unspecified atom stereocenters. The molecular formula is C126H120N4O2Si2. The Balaban J connectivity index is 0.613. The van der Waals surface area contributed by atoms with Gasteiger partial charge in [-0.2, -0.15) is 0 Å². The first-order valence-electron chi connectivity index (χ1n) is 48.0. The predicted octanol–water partition coefficient (Wildman–Crippen LogP) is 35.1. The highest BCUT2D eigenvalue weighted by atomic mass is 28.3. The maximum atomic E-state index is 7.36. The molecule has 3 aliphatic carbocycles. The Morgan fingerprint density at radius 3 is 1.01 bits per heavy atom. The van der Waals surface area contributed by atoms with Crippen LogP contribution in [-0.2, 0) is 32.5 Å². The summed E-state index contributed by atoms with van der Waals surface area (Å²) in [6.45, 7) is 42.8. The third-order valence-electron chi connectivity index (χ3n) is 29.5. The number of benzene rings is 16. The average Bonchev–Trinajstić information content (AvgIpc) is 1.53. The van der Waals surface area contributed by atoms with E-state index in [0.29, 0.717) is 0 Å². The molecule has 0 fully saturated rings. The predicted molar refractivity (Wildman–Crippen MR) is 578 cm³/mol. The number of anilines is 12. The molecule has 2 aromatic heterocycles. The Kier molecular flexibility index (Phi) is 21.1. The van der Waals surface area contributed by atoms with Crippen LogP contribution in [0.1, 0.15) is 141 Å². The molecule has 1 spiro atoms. The standard InChI is InChI=1S/C126H120N4O2Si2/c1-121(2,3)87-43-55-92(56-44-87)128(94-63-69-101(70-64-94)133(14,15)16)99-67-73-103-107(79-99)125(12,13)109-81-111(117-105-35-25-27-37-113(105)131-119(117)115(103)109)130(97-59-47-89(48-60-97)123(7,8)9)98-65-71-102(72-66-98)134(17,18)78-77-124(10,11)90-49-61-93(62-50-90)127(91-51-39-85(40-52-91)83-31-21-19-22-32-83)100-68-74-104-108(80-100)126(75-29-30-76-126)110-82-112(118-106-36-26-28-38-114(106)132-120(118)116(104)110)129(96-57-45-88(46-58-96)122(4,5)6)95-53-41-86(42-54-95)84-33-23-20-24-34-84/h19-76,79-82H,77-78H2,1-18H3. The van der Waals surface area contributed by atoms with Crippen molar-refractivity contribution in [1.29, 1.82) is 0 Å². The Morgan fingerprint density at radius 1 is 0.291 bits per heavy atom. The van der Waals surface area contributed by atoms with Gasteiger partial charge in [0.2, 0.25) is 0 Å². The summed E-state index contributed by atoms with van der Waals surface area (Å²) in [6.07, 6.45) is 10.3. The molecule has 6 nitrogen and oxygen atoms in total. The van der Waals surface area contributed by atoms with Crippen LogP contribution in [0.5, 0.6) is 0 Å². The van der Waals surface area contributed by atoms with Crippen molar-refractivity contribution >= 4 is 139 Å². The fraction of sp³-hybridized carbons (Fsp3) is 0.206. The maximum Gasteiger partial charge on any atom is 0.145 e. The minimum atomic E-state index is -2.12. The number of allylic oxidation sites excluding steroid dienone is 4. The van der Waals surface area contributed by atoms with E-state index >= 15 is 0 Å².